The number of nitrogens with one attached hydrogen (secondary N) is 1. The van der Waals surface area contributed by atoms with Gasteiger partial charge in [0.15, 0.2) is 0 Å². The summed E-state index contributed by atoms with van der Waals surface area (Å²) >= 11 is 0. The van der Waals surface area contributed by atoms with Gasteiger partial charge in [0.25, 0.3) is 0 Å². The van der Waals surface area contributed by atoms with E-state index < -0.39 is 0 Å². The van der Waals surface area contributed by atoms with Crippen molar-refractivity contribution in [3.05, 3.63) is 0 Å². The van der Waals surface area contributed by atoms with Crippen molar-refractivity contribution >= 4 is 5.91 Å². The van der Waals surface area contributed by atoms with Gasteiger partial charge in [0.05, 0.1) is 6.04 Å². The van der Waals surface area contributed by atoms with Gasteiger partial charge in [-0.3, -0.25) is 9.69 Å². The zero-order valence-corrected chi connectivity index (χ0v) is 23.1. The van der Waals surface area contributed by atoms with Crippen molar-refractivity contribution < 1.29 is 4.79 Å². The lowest BCUT2D eigenvalue weighted by Crippen LogP contribution is -2.45. The molecule has 0 saturated heterocycles. The molecule has 3 heteroatoms. The molecule has 0 spiro atoms. The van der Waals surface area contributed by atoms with Gasteiger partial charge in [-0.1, -0.05) is 143 Å². The molecule has 0 radical (unpaired) electrons. The minimum Gasteiger partial charge on any atom is -0.354 e. The number of likely N-dealkylation sites (N-methyl/N-ethyl adjacent to an activating group) is 1. The molecule has 192 valence electrons. The fourth-order valence-corrected chi connectivity index (χ4v) is 4.33. The van der Waals surface area contributed by atoms with E-state index in [1.54, 1.807) is 0 Å². The fraction of sp³-hybridized carbons (Fsp3) is 0.966. The minimum atomic E-state index is 0.0124. The van der Waals surface area contributed by atoms with Crippen LogP contribution in [0.4, 0.5) is 0 Å². The van der Waals surface area contributed by atoms with Gasteiger partial charge >= 0.3 is 0 Å². The van der Waals surface area contributed by atoms with Gasteiger partial charge < -0.3 is 5.32 Å². The largest absolute Gasteiger partial charge is 0.354 e. The maximum atomic E-state index is 12.5. The predicted molar refractivity (Wildman–Crippen MR) is 143 cm³/mol. The highest BCUT2D eigenvalue weighted by atomic mass is 16.2. The van der Waals surface area contributed by atoms with Crippen LogP contribution in [0, 0.1) is 5.41 Å². The molecule has 0 heterocycles. The third-order valence-corrected chi connectivity index (χ3v) is 6.55. The summed E-state index contributed by atoms with van der Waals surface area (Å²) in [4.78, 5) is 14.6. The summed E-state index contributed by atoms with van der Waals surface area (Å²) in [6.45, 7) is 9.52. The van der Waals surface area contributed by atoms with Crippen LogP contribution in [-0.4, -0.2) is 37.5 Å². The number of hydrogen-bond acceptors (Lipinski definition) is 2. The molecule has 0 aromatic heterocycles. The van der Waals surface area contributed by atoms with Crippen LogP contribution in [0.25, 0.3) is 0 Å². The van der Waals surface area contributed by atoms with Gasteiger partial charge in [0.2, 0.25) is 5.91 Å². The summed E-state index contributed by atoms with van der Waals surface area (Å²) < 4.78 is 0. The topological polar surface area (TPSA) is 32.3 Å². The average Bonchev–Trinajstić information content (AvgIpc) is 2.73. The second-order valence-corrected chi connectivity index (χ2v) is 11.6. The molecule has 0 aromatic carbocycles. The van der Waals surface area contributed by atoms with Crippen molar-refractivity contribution in [2.45, 2.75) is 156 Å². The molecule has 0 bridgehead atoms. The molecular formula is C29H60N2O. The molecule has 32 heavy (non-hydrogen) atoms. The van der Waals surface area contributed by atoms with Crippen LogP contribution in [0.1, 0.15) is 150 Å². The number of amides is 1. The Kier molecular flexibility index (Phi) is 20.6. The summed E-state index contributed by atoms with van der Waals surface area (Å²) in [5.41, 5.74) is 0.139. The van der Waals surface area contributed by atoms with E-state index in [0.29, 0.717) is 0 Å². The minimum absolute atomic E-state index is 0.0124. The van der Waals surface area contributed by atoms with E-state index in [2.05, 4.69) is 37.9 Å². The highest BCUT2D eigenvalue weighted by molar-refractivity contribution is 5.81. The summed E-state index contributed by atoms with van der Waals surface area (Å²) in [5, 5.41) is 3.13. The summed E-state index contributed by atoms with van der Waals surface area (Å²) in [7, 11) is 4.05. The van der Waals surface area contributed by atoms with Gasteiger partial charge in [-0.2, -0.15) is 0 Å². The first-order valence-corrected chi connectivity index (χ1v) is 14.2. The van der Waals surface area contributed by atoms with Crippen LogP contribution < -0.4 is 5.32 Å². The molecule has 3 nitrogen and oxygen atoms in total. The molecule has 0 aromatic rings. The molecule has 1 N–H and O–H groups in total. The first kappa shape index (κ1) is 31.4. The maximum absolute atomic E-state index is 12.5. The van der Waals surface area contributed by atoms with Crippen LogP contribution in [0.15, 0.2) is 0 Å². The number of nitrogens with zero attached hydrogens (tertiary/aromatic N) is 1. The molecule has 1 unspecified atom stereocenters. The average molecular weight is 453 g/mol. The van der Waals surface area contributed by atoms with E-state index >= 15 is 0 Å². The number of carbonyl (C=O) groups is 1. The van der Waals surface area contributed by atoms with Crippen molar-refractivity contribution in [1.82, 2.24) is 10.2 Å². The molecule has 0 saturated carbocycles. The lowest BCUT2D eigenvalue weighted by molar-refractivity contribution is -0.126. The summed E-state index contributed by atoms with van der Waals surface area (Å²) in [6.07, 6.45) is 26.1. The van der Waals surface area contributed by atoms with E-state index in [4.69, 9.17) is 0 Å². The number of hydrogen-bond donors (Lipinski definition) is 1. The lowest BCUT2D eigenvalue weighted by atomic mass is 9.96. The normalized spacial score (nSPS) is 13.0. The lowest BCUT2D eigenvalue weighted by Gasteiger charge is -2.26. The van der Waals surface area contributed by atoms with Crippen molar-refractivity contribution in [3.8, 4) is 0 Å². The smallest absolute Gasteiger partial charge is 0.237 e. The first-order valence-electron chi connectivity index (χ1n) is 14.2. The van der Waals surface area contributed by atoms with Crippen molar-refractivity contribution in [2.75, 3.05) is 20.6 Å². The SMILES string of the molecule is CCCCCCCCCCCCCCCCCCCCC(C(=O)NCC(C)(C)C)N(C)C. The van der Waals surface area contributed by atoms with E-state index in [-0.39, 0.29) is 17.4 Å². The second-order valence-electron chi connectivity index (χ2n) is 11.6. The fourth-order valence-electron chi connectivity index (χ4n) is 4.33. The third kappa shape index (κ3) is 21.3. The van der Waals surface area contributed by atoms with Crippen molar-refractivity contribution in [1.29, 1.82) is 0 Å². The van der Waals surface area contributed by atoms with Gasteiger partial charge in [-0.05, 0) is 25.9 Å². The number of carbonyl (C=O) groups excluding carboxylic acids is 1. The first-order chi connectivity index (χ1) is 15.3. The van der Waals surface area contributed by atoms with Crippen LogP contribution in [0.5, 0.6) is 0 Å². The Morgan fingerprint density at radius 1 is 0.656 bits per heavy atom. The zero-order valence-electron chi connectivity index (χ0n) is 23.1. The van der Waals surface area contributed by atoms with E-state index in [1.807, 2.05) is 14.1 Å². The van der Waals surface area contributed by atoms with Crippen LogP contribution in [0.3, 0.4) is 0 Å². The van der Waals surface area contributed by atoms with E-state index in [0.717, 1.165) is 19.4 Å². The van der Waals surface area contributed by atoms with Crippen LogP contribution >= 0.6 is 0 Å². The second kappa shape index (κ2) is 21.0. The van der Waals surface area contributed by atoms with Gasteiger partial charge in [0.1, 0.15) is 0 Å². The van der Waals surface area contributed by atoms with Crippen LogP contribution in [0.2, 0.25) is 0 Å². The number of unbranched alkanes of at least 4 members (excludes halogenated alkanes) is 17. The molecular weight excluding hydrogens is 392 g/mol. The molecule has 1 amide bonds. The molecule has 0 aliphatic rings. The molecule has 0 aliphatic carbocycles. The Bertz CT molecular complexity index is 414. The highest BCUT2D eigenvalue weighted by Gasteiger charge is 2.21. The number of rotatable bonds is 22. The quantitative estimate of drug-likeness (QED) is 0.167. The van der Waals surface area contributed by atoms with Crippen molar-refractivity contribution in [3.63, 3.8) is 0 Å². The Labute approximate surface area is 202 Å². The van der Waals surface area contributed by atoms with E-state index in [1.165, 1.54) is 109 Å². The van der Waals surface area contributed by atoms with Crippen LogP contribution in [-0.2, 0) is 4.79 Å². The Morgan fingerprint density at radius 2 is 1.00 bits per heavy atom. The Morgan fingerprint density at radius 3 is 1.31 bits per heavy atom. The highest BCUT2D eigenvalue weighted by Crippen LogP contribution is 2.16. The van der Waals surface area contributed by atoms with Crippen molar-refractivity contribution in [2.24, 2.45) is 5.41 Å². The maximum Gasteiger partial charge on any atom is 0.237 e. The monoisotopic (exact) mass is 452 g/mol. The summed E-state index contributed by atoms with van der Waals surface area (Å²) in [5.74, 6) is 0.192. The third-order valence-electron chi connectivity index (χ3n) is 6.55. The molecule has 0 rings (SSSR count). The zero-order chi connectivity index (χ0) is 24.1. The molecule has 0 aliphatic heterocycles. The van der Waals surface area contributed by atoms with Gasteiger partial charge in [-0.15, -0.1) is 0 Å². The van der Waals surface area contributed by atoms with E-state index in [9.17, 15) is 4.79 Å². The predicted octanol–water partition coefficient (Wildman–Crippen LogP) is 8.51. The van der Waals surface area contributed by atoms with Gasteiger partial charge in [0, 0.05) is 6.54 Å². The Hall–Kier alpha value is -0.570. The molecule has 0 fully saturated rings. The summed E-state index contributed by atoms with van der Waals surface area (Å²) in [6, 6.07) is 0.0124. The standard InChI is InChI=1S/C29H60N2O/c1-7-8-9-10-11-12-13-14-15-16-17-18-19-20-21-22-23-24-25-27(31(5)6)28(32)30-26-29(2,3)4/h27H,7-26H2,1-6H3,(H,30,32). The molecule has 1 atom stereocenters. The Balaban J connectivity index is 3.47. The van der Waals surface area contributed by atoms with Gasteiger partial charge in [-0.25, -0.2) is 0 Å².